The van der Waals surface area contributed by atoms with Crippen LogP contribution in [0.15, 0.2) is 34.9 Å². The maximum atomic E-state index is 13.3. The summed E-state index contributed by atoms with van der Waals surface area (Å²) >= 11 is 0. The molecule has 0 bridgehead atoms. The molecule has 0 aliphatic carbocycles. The van der Waals surface area contributed by atoms with Crippen LogP contribution < -0.4 is 5.32 Å². The van der Waals surface area contributed by atoms with Gasteiger partial charge in [0.2, 0.25) is 5.91 Å². The van der Waals surface area contributed by atoms with Crippen molar-refractivity contribution in [2.24, 2.45) is 0 Å². The van der Waals surface area contributed by atoms with E-state index in [-0.39, 0.29) is 18.1 Å². The summed E-state index contributed by atoms with van der Waals surface area (Å²) < 4.78 is 18.2. The quantitative estimate of drug-likeness (QED) is 0.897. The SMILES string of the molecule is Cc1cc(CC(=O)NCCc2ccccc2F)no1. The van der Waals surface area contributed by atoms with Gasteiger partial charge in [-0.3, -0.25) is 4.79 Å². The highest BCUT2D eigenvalue weighted by Gasteiger charge is 2.07. The van der Waals surface area contributed by atoms with Crippen LogP contribution in [-0.4, -0.2) is 17.6 Å². The first-order valence-corrected chi connectivity index (χ1v) is 6.07. The molecule has 19 heavy (non-hydrogen) atoms. The number of carbonyl (C=O) groups excluding carboxylic acids is 1. The normalized spacial score (nSPS) is 10.4. The highest BCUT2D eigenvalue weighted by Crippen LogP contribution is 2.06. The van der Waals surface area contributed by atoms with E-state index in [0.717, 1.165) is 0 Å². The summed E-state index contributed by atoms with van der Waals surface area (Å²) in [6, 6.07) is 8.26. The first-order chi connectivity index (χ1) is 9.15. The molecule has 1 amide bonds. The number of nitrogens with zero attached hydrogens (tertiary/aromatic N) is 1. The van der Waals surface area contributed by atoms with Gasteiger partial charge in [-0.15, -0.1) is 0 Å². The fourth-order valence-electron chi connectivity index (χ4n) is 1.77. The second-order valence-electron chi connectivity index (χ2n) is 4.30. The lowest BCUT2D eigenvalue weighted by Gasteiger charge is -2.05. The first kappa shape index (κ1) is 13.3. The molecular weight excluding hydrogens is 247 g/mol. The fraction of sp³-hybridized carbons (Fsp3) is 0.286. The minimum absolute atomic E-state index is 0.148. The molecule has 2 rings (SSSR count). The minimum atomic E-state index is -0.246. The number of carbonyl (C=O) groups is 1. The van der Waals surface area contributed by atoms with Crippen LogP contribution in [0.5, 0.6) is 0 Å². The fourth-order valence-corrected chi connectivity index (χ4v) is 1.77. The molecule has 1 aromatic heterocycles. The van der Waals surface area contributed by atoms with E-state index in [4.69, 9.17) is 4.52 Å². The highest BCUT2D eigenvalue weighted by atomic mass is 19.1. The van der Waals surface area contributed by atoms with Crippen LogP contribution >= 0.6 is 0 Å². The monoisotopic (exact) mass is 262 g/mol. The zero-order valence-electron chi connectivity index (χ0n) is 10.6. The molecule has 1 heterocycles. The molecule has 0 saturated carbocycles. The number of aryl methyl sites for hydroxylation is 1. The second kappa shape index (κ2) is 6.13. The Hall–Kier alpha value is -2.17. The smallest absolute Gasteiger partial charge is 0.226 e. The van der Waals surface area contributed by atoms with Crippen molar-refractivity contribution in [1.29, 1.82) is 0 Å². The van der Waals surface area contributed by atoms with Gasteiger partial charge in [0.1, 0.15) is 11.6 Å². The molecule has 0 atom stereocenters. The van der Waals surface area contributed by atoms with E-state index in [0.29, 0.717) is 30.0 Å². The molecule has 4 nitrogen and oxygen atoms in total. The third kappa shape index (κ3) is 3.91. The van der Waals surface area contributed by atoms with Gasteiger partial charge in [-0.2, -0.15) is 0 Å². The van der Waals surface area contributed by atoms with Crippen molar-refractivity contribution >= 4 is 5.91 Å². The maximum Gasteiger partial charge on any atom is 0.226 e. The summed E-state index contributed by atoms with van der Waals surface area (Å²) in [6.45, 7) is 2.17. The molecule has 0 aliphatic rings. The van der Waals surface area contributed by atoms with Gasteiger partial charge in [-0.1, -0.05) is 23.4 Å². The molecule has 0 aliphatic heterocycles. The number of hydrogen-bond acceptors (Lipinski definition) is 3. The van der Waals surface area contributed by atoms with Crippen molar-refractivity contribution in [3.63, 3.8) is 0 Å². The lowest BCUT2D eigenvalue weighted by atomic mass is 10.1. The Morgan fingerprint density at radius 1 is 1.42 bits per heavy atom. The predicted octanol–water partition coefficient (Wildman–Crippen LogP) is 2.02. The van der Waals surface area contributed by atoms with Crippen LogP contribution in [0.2, 0.25) is 0 Å². The Kier molecular flexibility index (Phi) is 4.28. The standard InChI is InChI=1S/C14H15FN2O2/c1-10-8-12(17-19-10)9-14(18)16-7-6-11-4-2-3-5-13(11)15/h2-5,8H,6-7,9H2,1H3,(H,16,18). The predicted molar refractivity (Wildman–Crippen MR) is 68.1 cm³/mol. The average Bonchev–Trinajstić information content (AvgIpc) is 2.77. The van der Waals surface area contributed by atoms with Crippen molar-refractivity contribution in [1.82, 2.24) is 10.5 Å². The third-order valence-electron chi connectivity index (χ3n) is 2.69. The molecule has 2 aromatic rings. The number of hydrogen-bond donors (Lipinski definition) is 1. The highest BCUT2D eigenvalue weighted by molar-refractivity contribution is 5.78. The Bertz CT molecular complexity index is 566. The van der Waals surface area contributed by atoms with Crippen molar-refractivity contribution < 1.29 is 13.7 Å². The molecule has 0 radical (unpaired) electrons. The van der Waals surface area contributed by atoms with Crippen LogP contribution in [0.1, 0.15) is 17.0 Å². The summed E-state index contributed by atoms with van der Waals surface area (Å²) in [4.78, 5) is 11.6. The Balaban J connectivity index is 1.77. The van der Waals surface area contributed by atoms with Gasteiger partial charge >= 0.3 is 0 Å². The van der Waals surface area contributed by atoms with Crippen LogP contribution in [0.4, 0.5) is 4.39 Å². The molecule has 100 valence electrons. The van der Waals surface area contributed by atoms with Crippen molar-refractivity contribution in [3.05, 3.63) is 53.2 Å². The molecule has 0 saturated heterocycles. The van der Waals surface area contributed by atoms with Gasteiger partial charge in [0.15, 0.2) is 0 Å². The topological polar surface area (TPSA) is 55.1 Å². The third-order valence-corrected chi connectivity index (χ3v) is 2.69. The van der Waals surface area contributed by atoms with Crippen LogP contribution in [-0.2, 0) is 17.6 Å². The molecule has 1 N–H and O–H groups in total. The lowest BCUT2D eigenvalue weighted by molar-refractivity contribution is -0.120. The molecule has 5 heteroatoms. The zero-order chi connectivity index (χ0) is 13.7. The summed E-state index contributed by atoms with van der Waals surface area (Å²) in [7, 11) is 0. The van der Waals surface area contributed by atoms with Crippen molar-refractivity contribution in [3.8, 4) is 0 Å². The first-order valence-electron chi connectivity index (χ1n) is 6.07. The van der Waals surface area contributed by atoms with E-state index in [1.54, 1.807) is 31.2 Å². The average molecular weight is 262 g/mol. The van der Waals surface area contributed by atoms with E-state index in [9.17, 15) is 9.18 Å². The molecule has 0 fully saturated rings. The molecule has 0 unspecified atom stereocenters. The van der Waals surface area contributed by atoms with Gasteiger partial charge in [0.25, 0.3) is 0 Å². The van der Waals surface area contributed by atoms with Gasteiger partial charge in [-0.25, -0.2) is 4.39 Å². The van der Waals surface area contributed by atoms with Crippen molar-refractivity contribution in [2.45, 2.75) is 19.8 Å². The Labute approximate surface area is 110 Å². The minimum Gasteiger partial charge on any atom is -0.361 e. The van der Waals surface area contributed by atoms with E-state index in [1.165, 1.54) is 6.07 Å². The van der Waals surface area contributed by atoms with E-state index in [2.05, 4.69) is 10.5 Å². The summed E-state index contributed by atoms with van der Waals surface area (Å²) in [5.41, 5.74) is 1.20. The van der Waals surface area contributed by atoms with E-state index >= 15 is 0 Å². The number of rotatable bonds is 5. The zero-order valence-corrected chi connectivity index (χ0v) is 10.6. The largest absolute Gasteiger partial charge is 0.361 e. The van der Waals surface area contributed by atoms with E-state index in [1.807, 2.05) is 0 Å². The van der Waals surface area contributed by atoms with Gasteiger partial charge < -0.3 is 9.84 Å². The number of nitrogens with one attached hydrogen (secondary N) is 1. The Morgan fingerprint density at radius 3 is 2.89 bits per heavy atom. The second-order valence-corrected chi connectivity index (χ2v) is 4.30. The van der Waals surface area contributed by atoms with E-state index < -0.39 is 0 Å². The number of amides is 1. The maximum absolute atomic E-state index is 13.3. The lowest BCUT2D eigenvalue weighted by Crippen LogP contribution is -2.27. The summed E-state index contributed by atoms with van der Waals surface area (Å²) in [5.74, 6) is 0.280. The molecular formula is C14H15FN2O2. The number of benzene rings is 1. The molecule has 1 aromatic carbocycles. The van der Waals surface area contributed by atoms with Crippen LogP contribution in [0.3, 0.4) is 0 Å². The van der Waals surface area contributed by atoms with Gasteiger partial charge in [0, 0.05) is 12.6 Å². The molecule has 0 spiro atoms. The Morgan fingerprint density at radius 2 is 2.21 bits per heavy atom. The van der Waals surface area contributed by atoms with Crippen LogP contribution in [0, 0.1) is 12.7 Å². The van der Waals surface area contributed by atoms with Crippen LogP contribution in [0.25, 0.3) is 0 Å². The van der Waals surface area contributed by atoms with Gasteiger partial charge in [0.05, 0.1) is 12.1 Å². The number of aromatic nitrogens is 1. The number of halogens is 1. The summed E-state index contributed by atoms with van der Waals surface area (Å²) in [6.07, 6.45) is 0.644. The summed E-state index contributed by atoms with van der Waals surface area (Å²) in [5, 5.41) is 6.47. The van der Waals surface area contributed by atoms with Crippen molar-refractivity contribution in [2.75, 3.05) is 6.54 Å². The van der Waals surface area contributed by atoms with Gasteiger partial charge in [-0.05, 0) is 25.0 Å².